The van der Waals surface area contributed by atoms with Gasteiger partial charge < -0.3 is 10.1 Å². The van der Waals surface area contributed by atoms with Crippen LogP contribution in [0.25, 0.3) is 0 Å². The lowest BCUT2D eigenvalue weighted by atomic mass is 10.1. The first-order valence-corrected chi connectivity index (χ1v) is 6.60. The maximum Gasteiger partial charge on any atom is 0.258 e. The molecule has 1 unspecified atom stereocenters. The van der Waals surface area contributed by atoms with Crippen LogP contribution in [0.3, 0.4) is 0 Å². The van der Waals surface area contributed by atoms with E-state index in [1.807, 2.05) is 13.0 Å². The van der Waals surface area contributed by atoms with Gasteiger partial charge in [-0.15, -0.1) is 0 Å². The van der Waals surface area contributed by atoms with E-state index in [9.17, 15) is 4.79 Å². The summed E-state index contributed by atoms with van der Waals surface area (Å²) < 4.78 is 5.38. The minimum atomic E-state index is -0.138. The second kappa shape index (κ2) is 6.24. The van der Waals surface area contributed by atoms with Crippen molar-refractivity contribution in [1.82, 2.24) is 5.32 Å². The van der Waals surface area contributed by atoms with E-state index in [0.717, 1.165) is 12.3 Å². The van der Waals surface area contributed by atoms with Crippen LogP contribution in [0.1, 0.15) is 31.7 Å². The molecule has 1 amide bonds. The number of benzene rings is 1. The summed E-state index contributed by atoms with van der Waals surface area (Å²) in [7, 11) is 0. The standard InChI is InChI=1S/C15H18N2O2/c1-11(8-12-6-7-12)17-15(18)10-19-14-5-3-2-4-13(14)9-16/h2-5,11-12H,6-8,10H2,1H3,(H,17,18). The lowest BCUT2D eigenvalue weighted by Crippen LogP contribution is -2.36. The first-order chi connectivity index (χ1) is 9.19. The molecule has 1 atom stereocenters. The molecule has 19 heavy (non-hydrogen) atoms. The summed E-state index contributed by atoms with van der Waals surface area (Å²) in [6, 6.07) is 9.14. The minimum absolute atomic E-state index is 0.0479. The van der Waals surface area contributed by atoms with Gasteiger partial charge in [0.25, 0.3) is 5.91 Å². The number of carbonyl (C=O) groups excluding carboxylic acids is 1. The fourth-order valence-corrected chi connectivity index (χ4v) is 2.06. The van der Waals surface area contributed by atoms with E-state index in [4.69, 9.17) is 10.00 Å². The lowest BCUT2D eigenvalue weighted by Gasteiger charge is -2.14. The summed E-state index contributed by atoms with van der Waals surface area (Å²) in [5, 5.41) is 11.8. The Morgan fingerprint density at radius 3 is 2.95 bits per heavy atom. The van der Waals surface area contributed by atoms with Crippen molar-refractivity contribution in [3.63, 3.8) is 0 Å². The maximum absolute atomic E-state index is 11.7. The van der Waals surface area contributed by atoms with Gasteiger partial charge in [-0.25, -0.2) is 0 Å². The summed E-state index contributed by atoms with van der Waals surface area (Å²) in [5.41, 5.74) is 0.446. The predicted octanol–water partition coefficient (Wildman–Crippen LogP) is 2.24. The minimum Gasteiger partial charge on any atom is -0.482 e. The van der Waals surface area contributed by atoms with E-state index >= 15 is 0 Å². The van der Waals surface area contributed by atoms with Crippen LogP contribution in [0.4, 0.5) is 0 Å². The summed E-state index contributed by atoms with van der Waals surface area (Å²) >= 11 is 0. The second-order valence-electron chi connectivity index (χ2n) is 5.04. The van der Waals surface area contributed by atoms with Crippen LogP contribution < -0.4 is 10.1 Å². The van der Waals surface area contributed by atoms with E-state index in [-0.39, 0.29) is 18.6 Å². The molecule has 0 radical (unpaired) electrons. The number of rotatable bonds is 6. The van der Waals surface area contributed by atoms with Crippen LogP contribution in [-0.4, -0.2) is 18.6 Å². The fraction of sp³-hybridized carbons (Fsp3) is 0.467. The van der Waals surface area contributed by atoms with E-state index < -0.39 is 0 Å². The van der Waals surface area contributed by atoms with Crippen LogP contribution in [0.15, 0.2) is 24.3 Å². The number of hydrogen-bond acceptors (Lipinski definition) is 3. The molecular weight excluding hydrogens is 240 g/mol. The molecular formula is C15H18N2O2. The van der Waals surface area contributed by atoms with Crippen molar-refractivity contribution in [3.05, 3.63) is 29.8 Å². The van der Waals surface area contributed by atoms with Crippen LogP contribution in [-0.2, 0) is 4.79 Å². The molecule has 1 aliphatic rings. The smallest absolute Gasteiger partial charge is 0.258 e. The van der Waals surface area contributed by atoms with E-state index in [2.05, 4.69) is 5.32 Å². The van der Waals surface area contributed by atoms with Crippen molar-refractivity contribution in [2.75, 3.05) is 6.61 Å². The number of nitriles is 1. The highest BCUT2D eigenvalue weighted by atomic mass is 16.5. The van der Waals surface area contributed by atoms with Crippen LogP contribution in [0.5, 0.6) is 5.75 Å². The molecule has 1 N–H and O–H groups in total. The van der Waals surface area contributed by atoms with Crippen LogP contribution in [0.2, 0.25) is 0 Å². The molecule has 0 aromatic heterocycles. The van der Waals surface area contributed by atoms with Crippen LogP contribution >= 0.6 is 0 Å². The Morgan fingerprint density at radius 1 is 1.53 bits per heavy atom. The quantitative estimate of drug-likeness (QED) is 0.851. The third-order valence-electron chi connectivity index (χ3n) is 3.16. The molecule has 1 fully saturated rings. The summed E-state index contributed by atoms with van der Waals surface area (Å²) in [4.78, 5) is 11.7. The number of nitrogens with zero attached hydrogens (tertiary/aromatic N) is 1. The molecule has 0 bridgehead atoms. The molecule has 1 aromatic carbocycles. The van der Waals surface area contributed by atoms with Crippen molar-refractivity contribution in [2.45, 2.75) is 32.2 Å². The van der Waals surface area contributed by atoms with Gasteiger partial charge >= 0.3 is 0 Å². The molecule has 0 saturated heterocycles. The number of amides is 1. The van der Waals surface area contributed by atoms with E-state index in [1.165, 1.54) is 12.8 Å². The summed E-state index contributed by atoms with van der Waals surface area (Å²) in [6.45, 7) is 1.97. The third kappa shape index (κ3) is 4.29. The third-order valence-corrected chi connectivity index (χ3v) is 3.16. The average molecular weight is 258 g/mol. The number of nitrogens with one attached hydrogen (secondary N) is 1. The Hall–Kier alpha value is -2.02. The van der Waals surface area contributed by atoms with Gasteiger partial charge in [0.1, 0.15) is 11.8 Å². The molecule has 0 heterocycles. The van der Waals surface area contributed by atoms with Crippen molar-refractivity contribution in [3.8, 4) is 11.8 Å². The van der Waals surface area contributed by atoms with Gasteiger partial charge in [-0.05, 0) is 31.4 Å². The van der Waals surface area contributed by atoms with Gasteiger partial charge in [0.05, 0.1) is 5.56 Å². The zero-order valence-electron chi connectivity index (χ0n) is 11.1. The molecule has 1 aliphatic carbocycles. The SMILES string of the molecule is CC(CC1CC1)NC(=O)COc1ccccc1C#N. The Bertz CT molecular complexity index is 489. The number of carbonyl (C=O) groups is 1. The Labute approximate surface area is 113 Å². The average Bonchev–Trinajstić information content (AvgIpc) is 3.20. The Kier molecular flexibility index (Phi) is 4.40. The molecule has 4 nitrogen and oxygen atoms in total. The van der Waals surface area contributed by atoms with E-state index in [1.54, 1.807) is 24.3 Å². The van der Waals surface area contributed by atoms with Gasteiger partial charge in [0.2, 0.25) is 0 Å². The molecule has 4 heteroatoms. The Balaban J connectivity index is 1.77. The van der Waals surface area contributed by atoms with Gasteiger partial charge in [-0.3, -0.25) is 4.79 Å². The van der Waals surface area contributed by atoms with E-state index in [0.29, 0.717) is 11.3 Å². The van der Waals surface area contributed by atoms with Gasteiger partial charge in [0, 0.05) is 6.04 Å². The van der Waals surface area contributed by atoms with Crippen LogP contribution in [0, 0.1) is 17.2 Å². The van der Waals surface area contributed by atoms with Crippen molar-refractivity contribution < 1.29 is 9.53 Å². The van der Waals surface area contributed by atoms with Crippen molar-refractivity contribution in [2.24, 2.45) is 5.92 Å². The first-order valence-electron chi connectivity index (χ1n) is 6.60. The highest BCUT2D eigenvalue weighted by Crippen LogP contribution is 2.33. The fourth-order valence-electron chi connectivity index (χ4n) is 2.06. The van der Waals surface area contributed by atoms with Gasteiger partial charge in [-0.1, -0.05) is 25.0 Å². The topological polar surface area (TPSA) is 62.1 Å². The summed E-state index contributed by atoms with van der Waals surface area (Å²) in [6.07, 6.45) is 3.61. The molecule has 2 rings (SSSR count). The molecule has 100 valence electrons. The summed E-state index contributed by atoms with van der Waals surface area (Å²) in [5.74, 6) is 1.10. The molecule has 1 aromatic rings. The lowest BCUT2D eigenvalue weighted by molar-refractivity contribution is -0.123. The normalized spacial score (nSPS) is 15.4. The number of para-hydroxylation sites is 1. The molecule has 0 aliphatic heterocycles. The highest BCUT2D eigenvalue weighted by molar-refractivity contribution is 5.77. The largest absolute Gasteiger partial charge is 0.482 e. The predicted molar refractivity (Wildman–Crippen MR) is 71.6 cm³/mol. The zero-order valence-corrected chi connectivity index (χ0v) is 11.1. The first kappa shape index (κ1) is 13.4. The molecule has 0 spiro atoms. The van der Waals surface area contributed by atoms with Gasteiger partial charge in [0.15, 0.2) is 6.61 Å². The van der Waals surface area contributed by atoms with Gasteiger partial charge in [-0.2, -0.15) is 5.26 Å². The monoisotopic (exact) mass is 258 g/mol. The maximum atomic E-state index is 11.7. The number of ether oxygens (including phenoxy) is 1. The second-order valence-corrected chi connectivity index (χ2v) is 5.04. The van der Waals surface area contributed by atoms with Crippen molar-refractivity contribution in [1.29, 1.82) is 5.26 Å². The number of hydrogen-bond donors (Lipinski definition) is 1. The zero-order chi connectivity index (χ0) is 13.7. The van der Waals surface area contributed by atoms with Crippen molar-refractivity contribution >= 4 is 5.91 Å². The Morgan fingerprint density at radius 2 is 2.26 bits per heavy atom. The highest BCUT2D eigenvalue weighted by Gasteiger charge is 2.24. The molecule has 1 saturated carbocycles.